The summed E-state index contributed by atoms with van der Waals surface area (Å²) in [5.41, 5.74) is 5.48. The van der Waals surface area contributed by atoms with Gasteiger partial charge in [-0.1, -0.05) is 0 Å². The molecule has 0 spiro atoms. The first kappa shape index (κ1) is 12.3. The number of hydrogen-bond acceptors (Lipinski definition) is 7. The summed E-state index contributed by atoms with van der Waals surface area (Å²) in [4.78, 5) is 24.9. The smallest absolute Gasteiger partial charge is 0.308 e. The number of methoxy groups -OCH3 is 1. The number of nitrogens with two attached hydrogens (primary N) is 1. The molecule has 0 saturated carbocycles. The van der Waals surface area contributed by atoms with Crippen LogP contribution < -0.4 is 5.73 Å². The Labute approximate surface area is 103 Å². The molecule has 0 unspecified atom stereocenters. The molecule has 18 heavy (non-hydrogen) atoms. The Bertz CT molecular complexity index is 450. The predicted octanol–water partition coefficient (Wildman–Crippen LogP) is -0.323. The summed E-state index contributed by atoms with van der Waals surface area (Å²) in [7, 11) is 1.36. The maximum Gasteiger partial charge on any atom is 0.308 e. The quantitative estimate of drug-likeness (QED) is 0.719. The lowest BCUT2D eigenvalue weighted by atomic mass is 9.97. The van der Waals surface area contributed by atoms with E-state index in [1.165, 1.54) is 7.11 Å². The number of ether oxygens (including phenoxy) is 1. The lowest BCUT2D eigenvalue weighted by Crippen LogP contribution is -2.40. The van der Waals surface area contributed by atoms with Gasteiger partial charge >= 0.3 is 5.97 Å². The van der Waals surface area contributed by atoms with Gasteiger partial charge in [0.25, 0.3) is 5.91 Å². The topological polar surface area (TPSA) is 112 Å². The Balaban J connectivity index is 1.96. The van der Waals surface area contributed by atoms with Crippen LogP contribution in [0.5, 0.6) is 0 Å². The zero-order valence-corrected chi connectivity index (χ0v) is 9.96. The minimum atomic E-state index is -0.322. The second-order valence-corrected chi connectivity index (χ2v) is 4.09. The maximum atomic E-state index is 12.0. The van der Waals surface area contributed by atoms with Crippen molar-refractivity contribution in [2.75, 3.05) is 25.9 Å². The van der Waals surface area contributed by atoms with E-state index in [1.54, 1.807) is 4.90 Å². The van der Waals surface area contributed by atoms with Crippen molar-refractivity contribution in [3.8, 4) is 0 Å². The molecule has 98 valence electrons. The largest absolute Gasteiger partial charge is 0.469 e. The molecular formula is C10H14N4O4. The Morgan fingerprint density at radius 3 is 2.56 bits per heavy atom. The molecule has 0 aliphatic carbocycles. The van der Waals surface area contributed by atoms with Crippen LogP contribution in [0.25, 0.3) is 0 Å². The molecule has 8 nitrogen and oxygen atoms in total. The van der Waals surface area contributed by atoms with E-state index >= 15 is 0 Å². The fourth-order valence-electron chi connectivity index (χ4n) is 1.98. The highest BCUT2D eigenvalue weighted by molar-refractivity contribution is 5.96. The van der Waals surface area contributed by atoms with Gasteiger partial charge in [-0.15, -0.1) is 0 Å². The fraction of sp³-hybridized carbons (Fsp3) is 0.600. The molecule has 2 heterocycles. The van der Waals surface area contributed by atoms with E-state index in [4.69, 9.17) is 5.73 Å². The van der Waals surface area contributed by atoms with E-state index < -0.39 is 0 Å². The van der Waals surface area contributed by atoms with Crippen LogP contribution in [0.3, 0.4) is 0 Å². The third-order valence-corrected chi connectivity index (χ3v) is 3.03. The van der Waals surface area contributed by atoms with E-state index in [-0.39, 0.29) is 29.3 Å². The predicted molar refractivity (Wildman–Crippen MR) is 59.4 cm³/mol. The Morgan fingerprint density at radius 2 is 2.06 bits per heavy atom. The number of carbonyl (C=O) groups excluding carboxylic acids is 2. The van der Waals surface area contributed by atoms with Gasteiger partial charge in [-0.25, -0.2) is 4.63 Å². The second-order valence-electron chi connectivity index (χ2n) is 4.09. The van der Waals surface area contributed by atoms with Crippen molar-refractivity contribution in [1.82, 2.24) is 15.2 Å². The molecule has 0 bridgehead atoms. The van der Waals surface area contributed by atoms with Crippen LogP contribution in [0.4, 0.5) is 5.82 Å². The molecule has 0 aromatic carbocycles. The van der Waals surface area contributed by atoms with Gasteiger partial charge in [0.15, 0.2) is 0 Å². The number of nitrogen functional groups attached to an aromatic ring is 1. The molecule has 1 saturated heterocycles. The minimum absolute atomic E-state index is 0.0184. The zero-order valence-electron chi connectivity index (χ0n) is 9.96. The summed E-state index contributed by atoms with van der Waals surface area (Å²) in [6, 6.07) is 0. The monoisotopic (exact) mass is 254 g/mol. The van der Waals surface area contributed by atoms with Crippen molar-refractivity contribution >= 4 is 17.7 Å². The van der Waals surface area contributed by atoms with Crippen molar-refractivity contribution in [1.29, 1.82) is 0 Å². The zero-order chi connectivity index (χ0) is 13.1. The third-order valence-electron chi connectivity index (χ3n) is 3.03. The Kier molecular flexibility index (Phi) is 3.45. The molecule has 0 atom stereocenters. The van der Waals surface area contributed by atoms with E-state index in [2.05, 4.69) is 19.7 Å². The molecule has 1 aromatic rings. The number of hydrogen-bond donors (Lipinski definition) is 1. The standard InChI is InChI=1S/C10H14N4O4/c1-17-10(16)6-2-4-14(5-3-6)9(15)7-8(11)13-18-12-7/h6H,2-5H2,1H3,(H2,11,13). The van der Waals surface area contributed by atoms with Crippen LogP contribution in [0, 0.1) is 5.92 Å². The summed E-state index contributed by atoms with van der Waals surface area (Å²) in [5.74, 6) is -0.719. The molecule has 8 heteroatoms. The first-order chi connectivity index (χ1) is 8.63. The number of amides is 1. The first-order valence-electron chi connectivity index (χ1n) is 5.58. The van der Waals surface area contributed by atoms with Gasteiger partial charge in [0.2, 0.25) is 11.5 Å². The van der Waals surface area contributed by atoms with Crippen LogP contribution in [0.1, 0.15) is 23.3 Å². The van der Waals surface area contributed by atoms with E-state index in [0.29, 0.717) is 25.9 Å². The highest BCUT2D eigenvalue weighted by atomic mass is 16.6. The second kappa shape index (κ2) is 5.03. The number of rotatable bonds is 2. The molecule has 2 N–H and O–H groups in total. The summed E-state index contributed by atoms with van der Waals surface area (Å²) in [6.07, 6.45) is 1.15. The Hall–Kier alpha value is -2.12. The summed E-state index contributed by atoms with van der Waals surface area (Å²) in [5, 5.41) is 6.83. The van der Waals surface area contributed by atoms with Crippen LogP contribution in [-0.2, 0) is 9.53 Å². The average molecular weight is 254 g/mol. The number of carbonyl (C=O) groups is 2. The molecule has 1 fully saturated rings. The average Bonchev–Trinajstić information content (AvgIpc) is 2.83. The number of likely N-dealkylation sites (tertiary alicyclic amines) is 1. The van der Waals surface area contributed by atoms with Crippen molar-refractivity contribution < 1.29 is 19.0 Å². The third kappa shape index (κ3) is 2.27. The molecule has 0 radical (unpaired) electrons. The molecule has 1 aliphatic heterocycles. The minimum Gasteiger partial charge on any atom is -0.469 e. The van der Waals surface area contributed by atoms with Gasteiger partial charge < -0.3 is 15.4 Å². The number of aromatic nitrogens is 2. The van der Waals surface area contributed by atoms with E-state index in [1.807, 2.05) is 0 Å². The SMILES string of the molecule is COC(=O)C1CCN(C(=O)c2nonc2N)CC1. The fourth-order valence-corrected chi connectivity index (χ4v) is 1.98. The normalized spacial score (nSPS) is 16.6. The van der Waals surface area contributed by atoms with Crippen molar-refractivity contribution in [2.24, 2.45) is 5.92 Å². The number of esters is 1. The van der Waals surface area contributed by atoms with E-state index in [0.717, 1.165) is 0 Å². The van der Waals surface area contributed by atoms with Gasteiger partial charge in [0.05, 0.1) is 13.0 Å². The summed E-state index contributed by atoms with van der Waals surface area (Å²) >= 11 is 0. The first-order valence-corrected chi connectivity index (χ1v) is 5.58. The van der Waals surface area contributed by atoms with Crippen LogP contribution in [-0.4, -0.2) is 47.3 Å². The van der Waals surface area contributed by atoms with E-state index in [9.17, 15) is 9.59 Å². The van der Waals surface area contributed by atoms with Crippen LogP contribution in [0.15, 0.2) is 4.63 Å². The van der Waals surface area contributed by atoms with Crippen LogP contribution >= 0.6 is 0 Å². The summed E-state index contributed by atoms with van der Waals surface area (Å²) < 4.78 is 9.06. The van der Waals surface area contributed by atoms with Crippen molar-refractivity contribution in [2.45, 2.75) is 12.8 Å². The highest BCUT2D eigenvalue weighted by Crippen LogP contribution is 2.20. The van der Waals surface area contributed by atoms with Gasteiger partial charge in [-0.2, -0.15) is 0 Å². The van der Waals surface area contributed by atoms with Gasteiger partial charge in [-0.3, -0.25) is 9.59 Å². The number of nitrogens with zero attached hydrogens (tertiary/aromatic N) is 3. The number of piperidine rings is 1. The lowest BCUT2D eigenvalue weighted by molar-refractivity contribution is -0.146. The summed E-state index contributed by atoms with van der Waals surface area (Å²) in [6.45, 7) is 0.926. The van der Waals surface area contributed by atoms with Gasteiger partial charge in [0.1, 0.15) is 0 Å². The van der Waals surface area contributed by atoms with Gasteiger partial charge in [0, 0.05) is 13.1 Å². The molecule has 1 amide bonds. The molecule has 2 rings (SSSR count). The van der Waals surface area contributed by atoms with Crippen molar-refractivity contribution in [3.63, 3.8) is 0 Å². The molecular weight excluding hydrogens is 240 g/mol. The molecule has 1 aliphatic rings. The van der Waals surface area contributed by atoms with Crippen LogP contribution in [0.2, 0.25) is 0 Å². The van der Waals surface area contributed by atoms with Crippen molar-refractivity contribution in [3.05, 3.63) is 5.69 Å². The van der Waals surface area contributed by atoms with Gasteiger partial charge in [-0.05, 0) is 23.2 Å². The molecule has 1 aromatic heterocycles. The lowest BCUT2D eigenvalue weighted by Gasteiger charge is -2.29. The highest BCUT2D eigenvalue weighted by Gasteiger charge is 2.30. The Morgan fingerprint density at radius 1 is 1.39 bits per heavy atom. The maximum absolute atomic E-state index is 12.0. The number of anilines is 1.